The van der Waals surface area contributed by atoms with E-state index in [2.05, 4.69) is 17.2 Å². The summed E-state index contributed by atoms with van der Waals surface area (Å²) in [5.41, 5.74) is 4.83. The molecular weight excluding hydrogens is 468 g/mol. The van der Waals surface area contributed by atoms with E-state index in [-0.39, 0.29) is 25.4 Å². The Bertz CT molecular complexity index is 777. The van der Waals surface area contributed by atoms with E-state index in [1.165, 1.54) is 4.90 Å². The van der Waals surface area contributed by atoms with Crippen molar-refractivity contribution >= 4 is 24.0 Å². The van der Waals surface area contributed by atoms with Crippen LogP contribution in [0.5, 0.6) is 0 Å². The summed E-state index contributed by atoms with van der Waals surface area (Å²) in [5, 5.41) is 5.48. The number of nitrogens with two attached hydrogens (primary N) is 1. The Kier molecular flexibility index (Phi) is 11.5. The molecule has 1 saturated carbocycles. The van der Waals surface area contributed by atoms with Gasteiger partial charge < -0.3 is 35.5 Å². The summed E-state index contributed by atoms with van der Waals surface area (Å²) in [6, 6.07) is -1.85. The molecule has 4 N–H and O–H groups in total. The predicted octanol–water partition coefficient (Wildman–Crippen LogP) is 2.38. The van der Waals surface area contributed by atoms with Crippen molar-refractivity contribution in [3.8, 4) is 0 Å². The summed E-state index contributed by atoms with van der Waals surface area (Å²) in [4.78, 5) is 51.7. The first-order chi connectivity index (χ1) is 17.0. The van der Waals surface area contributed by atoms with Gasteiger partial charge in [0.05, 0.1) is 13.2 Å². The Morgan fingerprint density at radius 3 is 2.44 bits per heavy atom. The van der Waals surface area contributed by atoms with E-state index in [1.54, 1.807) is 26.8 Å². The fraction of sp³-hybridized carbons (Fsp3) is 0.760. The van der Waals surface area contributed by atoms with Crippen molar-refractivity contribution in [1.82, 2.24) is 15.5 Å². The van der Waals surface area contributed by atoms with Gasteiger partial charge in [0.15, 0.2) is 0 Å². The molecule has 204 valence electrons. The van der Waals surface area contributed by atoms with E-state index in [0.29, 0.717) is 19.6 Å². The zero-order valence-electron chi connectivity index (χ0n) is 21.8. The SMILES string of the molecule is C=CCOCCC[C@H](NC(=O)OC(C)(C)C)C(=O)N1C[C@H](OC(=O)NC2CCCCC2)C[C@H]1C(N)=O. The average molecular weight is 511 g/mol. The summed E-state index contributed by atoms with van der Waals surface area (Å²) in [7, 11) is 0. The van der Waals surface area contributed by atoms with E-state index in [0.717, 1.165) is 32.1 Å². The highest BCUT2D eigenvalue weighted by Crippen LogP contribution is 2.23. The van der Waals surface area contributed by atoms with Crippen LogP contribution >= 0.6 is 0 Å². The van der Waals surface area contributed by atoms with Gasteiger partial charge >= 0.3 is 12.2 Å². The van der Waals surface area contributed by atoms with Gasteiger partial charge in [-0.15, -0.1) is 6.58 Å². The third-order valence-electron chi connectivity index (χ3n) is 6.08. The topological polar surface area (TPSA) is 149 Å². The molecule has 0 radical (unpaired) electrons. The molecule has 2 rings (SSSR count). The lowest BCUT2D eigenvalue weighted by molar-refractivity contribution is -0.139. The Hall–Kier alpha value is -2.82. The van der Waals surface area contributed by atoms with Crippen molar-refractivity contribution in [3.05, 3.63) is 12.7 Å². The molecule has 1 aliphatic heterocycles. The number of rotatable bonds is 11. The number of likely N-dealkylation sites (tertiary alicyclic amines) is 1. The average Bonchev–Trinajstić information content (AvgIpc) is 3.21. The van der Waals surface area contributed by atoms with Crippen molar-refractivity contribution < 1.29 is 33.4 Å². The van der Waals surface area contributed by atoms with Gasteiger partial charge in [-0.05, 0) is 46.5 Å². The van der Waals surface area contributed by atoms with Crippen molar-refractivity contribution in [3.63, 3.8) is 0 Å². The van der Waals surface area contributed by atoms with Crippen molar-refractivity contribution in [2.45, 2.75) is 102 Å². The summed E-state index contributed by atoms with van der Waals surface area (Å²) < 4.78 is 16.2. The molecule has 0 spiro atoms. The Labute approximate surface area is 213 Å². The zero-order valence-corrected chi connectivity index (χ0v) is 21.8. The van der Waals surface area contributed by atoms with Crippen LogP contribution in [0.4, 0.5) is 9.59 Å². The smallest absolute Gasteiger partial charge is 0.408 e. The normalized spacial score (nSPS) is 21.4. The number of amides is 4. The zero-order chi connectivity index (χ0) is 26.7. The molecule has 2 fully saturated rings. The van der Waals surface area contributed by atoms with Crippen LogP contribution < -0.4 is 16.4 Å². The van der Waals surface area contributed by atoms with Crippen molar-refractivity contribution in [2.24, 2.45) is 5.73 Å². The minimum Gasteiger partial charge on any atom is -0.444 e. The number of carbonyl (C=O) groups excluding carboxylic acids is 4. The number of ether oxygens (including phenoxy) is 3. The Morgan fingerprint density at radius 1 is 1.14 bits per heavy atom. The second-order valence-corrected chi connectivity index (χ2v) is 10.4. The van der Waals surface area contributed by atoms with Crippen LogP contribution in [0.25, 0.3) is 0 Å². The van der Waals surface area contributed by atoms with E-state index in [4.69, 9.17) is 19.9 Å². The second kappa shape index (κ2) is 14.1. The first-order valence-corrected chi connectivity index (χ1v) is 12.7. The molecule has 0 aromatic heterocycles. The minimum atomic E-state index is -0.969. The summed E-state index contributed by atoms with van der Waals surface area (Å²) in [5.74, 6) is -1.19. The van der Waals surface area contributed by atoms with Gasteiger partial charge in [0.1, 0.15) is 23.8 Å². The molecule has 11 nitrogen and oxygen atoms in total. The molecule has 0 bridgehead atoms. The van der Waals surface area contributed by atoms with Gasteiger partial charge in [0.2, 0.25) is 11.8 Å². The van der Waals surface area contributed by atoms with E-state index in [1.807, 2.05) is 0 Å². The van der Waals surface area contributed by atoms with Gasteiger partial charge in [0, 0.05) is 19.1 Å². The van der Waals surface area contributed by atoms with E-state index >= 15 is 0 Å². The van der Waals surface area contributed by atoms with Crippen LogP contribution in [0.2, 0.25) is 0 Å². The fourth-order valence-corrected chi connectivity index (χ4v) is 4.46. The molecule has 4 amide bonds. The highest BCUT2D eigenvalue weighted by Gasteiger charge is 2.43. The van der Waals surface area contributed by atoms with Crippen molar-refractivity contribution in [2.75, 3.05) is 19.8 Å². The molecule has 0 aromatic carbocycles. The molecule has 0 aromatic rings. The maximum Gasteiger partial charge on any atom is 0.408 e. The number of hydrogen-bond donors (Lipinski definition) is 3. The van der Waals surface area contributed by atoms with Crippen LogP contribution in [-0.4, -0.2) is 78.5 Å². The third kappa shape index (κ3) is 10.0. The molecule has 0 unspecified atom stereocenters. The van der Waals surface area contributed by atoms with Gasteiger partial charge in [-0.2, -0.15) is 0 Å². The Morgan fingerprint density at radius 2 is 1.83 bits per heavy atom. The Balaban J connectivity index is 2.04. The third-order valence-corrected chi connectivity index (χ3v) is 6.08. The van der Waals surface area contributed by atoms with Crippen molar-refractivity contribution in [1.29, 1.82) is 0 Å². The van der Waals surface area contributed by atoms with E-state index < -0.39 is 47.8 Å². The molecule has 1 heterocycles. The molecule has 1 aliphatic carbocycles. The molecule has 11 heteroatoms. The van der Waals surface area contributed by atoms with Crippen LogP contribution in [0.3, 0.4) is 0 Å². The van der Waals surface area contributed by atoms with Gasteiger partial charge in [0.25, 0.3) is 0 Å². The standard InChI is InChI=1S/C25H42N4O7/c1-5-13-34-14-9-12-19(28-24(33)36-25(2,3)4)22(31)29-16-18(15-20(29)21(26)30)35-23(32)27-17-10-7-6-8-11-17/h5,17-20H,1,6-16H2,2-4H3,(H2,26,30)(H,27,32)(H,28,33)/t18-,19+,20+/m1/s1. The number of primary amides is 1. The number of nitrogens with zero attached hydrogens (tertiary/aromatic N) is 1. The largest absolute Gasteiger partial charge is 0.444 e. The maximum absolute atomic E-state index is 13.5. The minimum absolute atomic E-state index is 0.00396. The molecule has 36 heavy (non-hydrogen) atoms. The number of nitrogens with one attached hydrogen (secondary N) is 2. The predicted molar refractivity (Wildman–Crippen MR) is 133 cm³/mol. The van der Waals surface area contributed by atoms with Gasteiger partial charge in [-0.1, -0.05) is 25.3 Å². The summed E-state index contributed by atoms with van der Waals surface area (Å²) >= 11 is 0. The molecule has 2 aliphatic rings. The van der Waals surface area contributed by atoms with Gasteiger partial charge in [-0.3, -0.25) is 9.59 Å². The lowest BCUT2D eigenvalue weighted by atomic mass is 9.96. The summed E-state index contributed by atoms with van der Waals surface area (Å²) in [6.45, 7) is 9.48. The fourth-order valence-electron chi connectivity index (χ4n) is 4.46. The maximum atomic E-state index is 13.5. The van der Waals surface area contributed by atoms with Gasteiger partial charge in [-0.25, -0.2) is 9.59 Å². The molecule has 1 saturated heterocycles. The van der Waals surface area contributed by atoms with E-state index in [9.17, 15) is 19.2 Å². The first kappa shape index (κ1) is 29.4. The summed E-state index contributed by atoms with van der Waals surface area (Å²) in [6.07, 6.45) is 5.54. The highest BCUT2D eigenvalue weighted by atomic mass is 16.6. The lowest BCUT2D eigenvalue weighted by Crippen LogP contribution is -2.53. The first-order valence-electron chi connectivity index (χ1n) is 12.7. The van der Waals surface area contributed by atoms with Crippen LogP contribution in [0.1, 0.15) is 72.1 Å². The van der Waals surface area contributed by atoms with Crippen LogP contribution in [0, 0.1) is 0 Å². The molecule has 3 atom stereocenters. The highest BCUT2D eigenvalue weighted by molar-refractivity contribution is 5.91. The monoisotopic (exact) mass is 510 g/mol. The lowest BCUT2D eigenvalue weighted by Gasteiger charge is -2.28. The number of carbonyl (C=O) groups is 4. The van der Waals surface area contributed by atoms with Crippen LogP contribution in [-0.2, 0) is 23.8 Å². The van der Waals surface area contributed by atoms with Crippen LogP contribution in [0.15, 0.2) is 12.7 Å². The quantitative estimate of drug-likeness (QED) is 0.285. The molecular formula is C25H42N4O7. The second-order valence-electron chi connectivity index (χ2n) is 10.4. The number of alkyl carbamates (subject to hydrolysis) is 2. The number of hydrogen-bond acceptors (Lipinski definition) is 7.